The largest absolute Gasteiger partial charge is 0.449 e. The summed E-state index contributed by atoms with van der Waals surface area (Å²) in [6.07, 6.45) is -1.02. The minimum Gasteiger partial charge on any atom is -0.449 e. The second kappa shape index (κ2) is 8.02. The molecule has 0 radical (unpaired) electrons. The average Bonchev–Trinajstić information content (AvgIpc) is 3.02. The minimum absolute atomic E-state index is 0.00606. The molecule has 0 spiro atoms. The van der Waals surface area contributed by atoms with Gasteiger partial charge in [0.05, 0.1) is 27.3 Å². The van der Waals surface area contributed by atoms with E-state index in [-0.39, 0.29) is 16.5 Å². The standard InChI is InChI=1S/C19H16ClFN2O3S/c1-11(26-19(25)13-8-7-12(21)9-14(13)20)18(24)23(2)10-17-22-15-5-3-4-6-16(15)27-17/h3-9,11H,10H2,1-2H3. The van der Waals surface area contributed by atoms with E-state index < -0.39 is 17.9 Å². The van der Waals surface area contributed by atoms with Crippen molar-refractivity contribution in [1.29, 1.82) is 0 Å². The second-order valence-electron chi connectivity index (χ2n) is 5.94. The molecular weight excluding hydrogens is 391 g/mol. The molecule has 0 bridgehead atoms. The molecule has 0 aliphatic carbocycles. The molecule has 8 heteroatoms. The Bertz CT molecular complexity index is 975. The van der Waals surface area contributed by atoms with Gasteiger partial charge in [0.1, 0.15) is 10.8 Å². The number of halogens is 2. The summed E-state index contributed by atoms with van der Waals surface area (Å²) >= 11 is 7.36. The van der Waals surface area contributed by atoms with Crippen molar-refractivity contribution in [2.24, 2.45) is 0 Å². The Morgan fingerprint density at radius 3 is 2.74 bits per heavy atom. The van der Waals surface area contributed by atoms with Gasteiger partial charge in [0.2, 0.25) is 0 Å². The van der Waals surface area contributed by atoms with Crippen LogP contribution in [0.5, 0.6) is 0 Å². The van der Waals surface area contributed by atoms with Gasteiger partial charge in [0.25, 0.3) is 5.91 Å². The molecule has 2 aromatic carbocycles. The molecule has 1 amide bonds. The van der Waals surface area contributed by atoms with Crippen molar-refractivity contribution < 1.29 is 18.7 Å². The van der Waals surface area contributed by atoms with Crippen LogP contribution >= 0.6 is 22.9 Å². The number of para-hydroxylation sites is 1. The fraction of sp³-hybridized carbons (Fsp3) is 0.211. The molecule has 27 heavy (non-hydrogen) atoms. The number of esters is 1. The summed E-state index contributed by atoms with van der Waals surface area (Å²) < 4.78 is 19.3. The number of amides is 1. The van der Waals surface area contributed by atoms with Crippen LogP contribution in [0.1, 0.15) is 22.3 Å². The number of hydrogen-bond donors (Lipinski definition) is 0. The Labute approximate surface area is 164 Å². The quantitative estimate of drug-likeness (QED) is 0.593. The first-order valence-corrected chi connectivity index (χ1v) is 9.30. The van der Waals surface area contributed by atoms with Crippen molar-refractivity contribution in [1.82, 2.24) is 9.88 Å². The van der Waals surface area contributed by atoms with E-state index in [1.165, 1.54) is 29.2 Å². The van der Waals surface area contributed by atoms with Crippen molar-refractivity contribution in [2.45, 2.75) is 19.6 Å². The lowest BCUT2D eigenvalue weighted by Gasteiger charge is -2.20. The van der Waals surface area contributed by atoms with Gasteiger partial charge < -0.3 is 9.64 Å². The van der Waals surface area contributed by atoms with Crippen LogP contribution in [0.2, 0.25) is 5.02 Å². The normalized spacial score (nSPS) is 12.0. The number of carbonyl (C=O) groups excluding carboxylic acids is 2. The van der Waals surface area contributed by atoms with E-state index in [0.29, 0.717) is 6.54 Å². The summed E-state index contributed by atoms with van der Waals surface area (Å²) in [5, 5.41) is 0.717. The molecule has 0 aliphatic heterocycles. The second-order valence-corrected chi connectivity index (χ2v) is 7.46. The molecule has 3 rings (SSSR count). The number of hydrogen-bond acceptors (Lipinski definition) is 5. The number of nitrogens with zero attached hydrogens (tertiary/aromatic N) is 2. The van der Waals surface area contributed by atoms with Crippen LogP contribution in [0.4, 0.5) is 4.39 Å². The molecule has 1 unspecified atom stereocenters. The Morgan fingerprint density at radius 1 is 1.30 bits per heavy atom. The molecule has 5 nitrogen and oxygen atoms in total. The van der Waals surface area contributed by atoms with Gasteiger partial charge in [-0.15, -0.1) is 11.3 Å². The van der Waals surface area contributed by atoms with Gasteiger partial charge in [-0.2, -0.15) is 0 Å². The minimum atomic E-state index is -1.02. The first-order chi connectivity index (χ1) is 12.8. The zero-order valence-electron chi connectivity index (χ0n) is 14.6. The SMILES string of the molecule is CC(OC(=O)c1ccc(F)cc1Cl)C(=O)N(C)Cc1nc2ccccc2s1. The maximum Gasteiger partial charge on any atom is 0.340 e. The predicted octanol–water partition coefficient (Wildman–Crippen LogP) is 4.29. The summed E-state index contributed by atoms with van der Waals surface area (Å²) in [5.74, 6) is -1.72. The van der Waals surface area contributed by atoms with E-state index in [9.17, 15) is 14.0 Å². The third kappa shape index (κ3) is 4.43. The maximum atomic E-state index is 13.1. The molecule has 3 aromatic rings. The van der Waals surface area contributed by atoms with Crippen LogP contribution in [-0.4, -0.2) is 34.9 Å². The fourth-order valence-corrected chi connectivity index (χ4v) is 3.77. The molecule has 140 valence electrons. The molecule has 1 aromatic heterocycles. The average molecular weight is 407 g/mol. The number of likely N-dealkylation sites (N-methyl/N-ethyl adjacent to an activating group) is 1. The first kappa shape index (κ1) is 19.3. The molecule has 0 saturated carbocycles. The lowest BCUT2D eigenvalue weighted by atomic mass is 10.2. The summed E-state index contributed by atoms with van der Waals surface area (Å²) in [6, 6.07) is 11.1. The molecule has 0 N–H and O–H groups in total. The summed E-state index contributed by atoms with van der Waals surface area (Å²) in [7, 11) is 1.61. The van der Waals surface area contributed by atoms with Crippen molar-refractivity contribution in [3.8, 4) is 0 Å². The molecular formula is C19H16ClFN2O3S. The number of carbonyl (C=O) groups is 2. The summed E-state index contributed by atoms with van der Waals surface area (Å²) in [4.78, 5) is 30.6. The third-order valence-corrected chi connectivity index (χ3v) is 5.20. The predicted molar refractivity (Wildman–Crippen MR) is 102 cm³/mol. The topological polar surface area (TPSA) is 59.5 Å². The highest BCUT2D eigenvalue weighted by atomic mass is 35.5. The van der Waals surface area contributed by atoms with Crippen LogP contribution in [0, 0.1) is 5.82 Å². The third-order valence-electron chi connectivity index (χ3n) is 3.87. The van der Waals surface area contributed by atoms with Gasteiger partial charge in [0.15, 0.2) is 6.10 Å². The van der Waals surface area contributed by atoms with E-state index in [0.717, 1.165) is 27.4 Å². The first-order valence-electron chi connectivity index (χ1n) is 8.10. The number of fused-ring (bicyclic) bond motifs is 1. The lowest BCUT2D eigenvalue weighted by Crippen LogP contribution is -2.37. The van der Waals surface area contributed by atoms with Gasteiger partial charge in [-0.05, 0) is 37.3 Å². The van der Waals surface area contributed by atoms with Crippen LogP contribution in [0.25, 0.3) is 10.2 Å². The van der Waals surface area contributed by atoms with Crippen LogP contribution in [-0.2, 0) is 16.1 Å². The Balaban J connectivity index is 1.64. The zero-order chi connectivity index (χ0) is 19.6. The molecule has 1 heterocycles. The number of rotatable bonds is 5. The molecule has 1 atom stereocenters. The van der Waals surface area contributed by atoms with Gasteiger partial charge in [-0.25, -0.2) is 14.2 Å². The van der Waals surface area contributed by atoms with E-state index in [1.807, 2.05) is 24.3 Å². The van der Waals surface area contributed by atoms with Crippen molar-refractivity contribution >= 4 is 45.0 Å². The number of benzene rings is 2. The molecule has 0 saturated heterocycles. The number of aromatic nitrogens is 1. The highest BCUT2D eigenvalue weighted by Crippen LogP contribution is 2.23. The van der Waals surface area contributed by atoms with Crippen LogP contribution in [0.3, 0.4) is 0 Å². The summed E-state index contributed by atoms with van der Waals surface area (Å²) in [6.45, 7) is 1.78. The molecule has 0 fully saturated rings. The van der Waals surface area contributed by atoms with Crippen molar-refractivity contribution in [2.75, 3.05) is 7.05 Å². The van der Waals surface area contributed by atoms with E-state index in [4.69, 9.17) is 16.3 Å². The molecule has 0 aliphatic rings. The van der Waals surface area contributed by atoms with Crippen molar-refractivity contribution in [3.63, 3.8) is 0 Å². The maximum absolute atomic E-state index is 13.1. The van der Waals surface area contributed by atoms with Gasteiger partial charge in [0, 0.05) is 7.05 Å². The highest BCUT2D eigenvalue weighted by Gasteiger charge is 2.24. The zero-order valence-corrected chi connectivity index (χ0v) is 16.2. The fourth-order valence-electron chi connectivity index (χ4n) is 2.51. The smallest absolute Gasteiger partial charge is 0.340 e. The van der Waals surface area contributed by atoms with Gasteiger partial charge >= 0.3 is 5.97 Å². The highest BCUT2D eigenvalue weighted by molar-refractivity contribution is 7.18. The van der Waals surface area contributed by atoms with Gasteiger partial charge in [-0.1, -0.05) is 23.7 Å². The summed E-state index contributed by atoms with van der Waals surface area (Å²) in [5.41, 5.74) is 0.885. The Kier molecular flexibility index (Phi) is 5.72. The van der Waals surface area contributed by atoms with E-state index in [1.54, 1.807) is 7.05 Å². The van der Waals surface area contributed by atoms with Crippen molar-refractivity contribution in [3.05, 3.63) is 63.9 Å². The van der Waals surface area contributed by atoms with E-state index >= 15 is 0 Å². The number of ether oxygens (including phenoxy) is 1. The monoisotopic (exact) mass is 406 g/mol. The van der Waals surface area contributed by atoms with Gasteiger partial charge in [-0.3, -0.25) is 4.79 Å². The van der Waals surface area contributed by atoms with Crippen LogP contribution in [0.15, 0.2) is 42.5 Å². The Morgan fingerprint density at radius 2 is 2.04 bits per heavy atom. The van der Waals surface area contributed by atoms with E-state index in [2.05, 4.69) is 4.98 Å². The lowest BCUT2D eigenvalue weighted by molar-refractivity contribution is -0.139. The number of thiazole rings is 1. The van der Waals surface area contributed by atoms with Crippen LogP contribution < -0.4 is 0 Å². The Hall–Kier alpha value is -2.51.